The number of aliphatic hydroxyl groups excluding tert-OH is 1. The Morgan fingerprint density at radius 1 is 1.54 bits per heavy atom. The second-order valence-electron chi connectivity index (χ2n) is 3.00. The molecular weight excluding hydrogens is 164 g/mol. The molecule has 0 aliphatic heterocycles. The van der Waals surface area contributed by atoms with E-state index < -0.39 is 12.1 Å². The highest BCUT2D eigenvalue weighted by Gasteiger charge is 2.11. The Morgan fingerprint density at radius 2 is 2.23 bits per heavy atom. The molecule has 1 aromatic rings. The number of nitrogens with zero attached hydrogens (tertiary/aromatic N) is 1. The summed E-state index contributed by atoms with van der Waals surface area (Å²) in [7, 11) is 0. The van der Waals surface area contributed by atoms with E-state index in [1.165, 1.54) is 0 Å². The molecule has 0 radical (unpaired) electrons. The topological polar surface area (TPSA) is 70.0 Å². The third-order valence-electron chi connectivity index (χ3n) is 1.92. The van der Waals surface area contributed by atoms with Crippen LogP contribution in [0.4, 0.5) is 0 Å². The minimum absolute atomic E-state index is 0.423. The van der Waals surface area contributed by atoms with Gasteiger partial charge in [0.15, 0.2) is 0 Å². The number of nitrogens with two attached hydrogens (primary N) is 1. The third kappa shape index (κ3) is 2.28. The summed E-state index contributed by atoms with van der Waals surface area (Å²) in [5, 5.41) is 17.9. The molecular formula is C10H12N2O. The van der Waals surface area contributed by atoms with Crippen LogP contribution >= 0.6 is 0 Å². The maximum atomic E-state index is 9.23. The molecule has 3 N–H and O–H groups in total. The average Bonchev–Trinajstić information content (AvgIpc) is 2.16. The van der Waals surface area contributed by atoms with Crippen LogP contribution in [0.2, 0.25) is 0 Å². The van der Waals surface area contributed by atoms with Crippen molar-refractivity contribution in [2.45, 2.75) is 19.1 Å². The molecule has 0 unspecified atom stereocenters. The van der Waals surface area contributed by atoms with Crippen molar-refractivity contribution in [3.05, 3.63) is 35.4 Å². The van der Waals surface area contributed by atoms with Crippen molar-refractivity contribution >= 4 is 0 Å². The highest BCUT2D eigenvalue weighted by atomic mass is 16.3. The van der Waals surface area contributed by atoms with Crippen LogP contribution in [0.15, 0.2) is 24.3 Å². The normalized spacial score (nSPS) is 14.6. The van der Waals surface area contributed by atoms with Crippen molar-refractivity contribution in [2.75, 3.05) is 0 Å². The Bertz CT molecular complexity index is 328. The average molecular weight is 176 g/mol. The first kappa shape index (κ1) is 9.72. The van der Waals surface area contributed by atoms with Gasteiger partial charge in [-0.25, -0.2) is 0 Å². The summed E-state index contributed by atoms with van der Waals surface area (Å²) in [6, 6.07) is 8.56. The summed E-state index contributed by atoms with van der Waals surface area (Å²) in [5.74, 6) is 0. The minimum Gasteiger partial charge on any atom is -0.391 e. The van der Waals surface area contributed by atoms with Crippen molar-refractivity contribution in [3.63, 3.8) is 0 Å². The van der Waals surface area contributed by atoms with Gasteiger partial charge in [0, 0.05) is 0 Å². The Hall–Kier alpha value is -1.37. The highest BCUT2D eigenvalue weighted by Crippen LogP contribution is 2.14. The predicted molar refractivity (Wildman–Crippen MR) is 49.8 cm³/mol. The van der Waals surface area contributed by atoms with Crippen LogP contribution in [0.3, 0.4) is 0 Å². The Kier molecular flexibility index (Phi) is 3.02. The lowest BCUT2D eigenvalue weighted by Crippen LogP contribution is -2.23. The zero-order valence-electron chi connectivity index (χ0n) is 7.44. The van der Waals surface area contributed by atoms with Crippen LogP contribution in [0.5, 0.6) is 0 Å². The molecule has 2 atom stereocenters. The van der Waals surface area contributed by atoms with Gasteiger partial charge in [-0.1, -0.05) is 12.1 Å². The van der Waals surface area contributed by atoms with Gasteiger partial charge >= 0.3 is 0 Å². The number of hydrogen-bond donors (Lipinski definition) is 2. The van der Waals surface area contributed by atoms with E-state index in [1.54, 1.807) is 31.2 Å². The van der Waals surface area contributed by atoms with E-state index in [0.717, 1.165) is 5.56 Å². The molecule has 1 aromatic carbocycles. The summed E-state index contributed by atoms with van der Waals surface area (Å²) >= 11 is 0. The minimum atomic E-state index is -0.603. The van der Waals surface area contributed by atoms with Gasteiger partial charge in [-0.05, 0) is 24.6 Å². The summed E-state index contributed by atoms with van der Waals surface area (Å²) in [6.45, 7) is 1.63. The van der Waals surface area contributed by atoms with Gasteiger partial charge in [0.25, 0.3) is 0 Å². The molecule has 0 aliphatic rings. The monoisotopic (exact) mass is 176 g/mol. The summed E-state index contributed by atoms with van der Waals surface area (Å²) in [5.41, 5.74) is 7.05. The molecule has 0 spiro atoms. The van der Waals surface area contributed by atoms with Crippen molar-refractivity contribution < 1.29 is 5.11 Å². The van der Waals surface area contributed by atoms with Crippen LogP contribution in [-0.2, 0) is 0 Å². The zero-order chi connectivity index (χ0) is 9.84. The number of benzene rings is 1. The van der Waals surface area contributed by atoms with E-state index in [1.807, 2.05) is 6.07 Å². The Morgan fingerprint density at radius 3 is 2.77 bits per heavy atom. The fourth-order valence-electron chi connectivity index (χ4n) is 1.09. The van der Waals surface area contributed by atoms with E-state index in [-0.39, 0.29) is 0 Å². The molecule has 3 nitrogen and oxygen atoms in total. The fraction of sp³-hybridized carbons (Fsp3) is 0.300. The number of rotatable bonds is 2. The van der Waals surface area contributed by atoms with E-state index in [4.69, 9.17) is 11.0 Å². The van der Waals surface area contributed by atoms with Gasteiger partial charge in [-0.3, -0.25) is 0 Å². The highest BCUT2D eigenvalue weighted by molar-refractivity contribution is 5.34. The quantitative estimate of drug-likeness (QED) is 0.704. The summed E-state index contributed by atoms with van der Waals surface area (Å²) in [4.78, 5) is 0. The summed E-state index contributed by atoms with van der Waals surface area (Å²) in [6.07, 6.45) is -0.603. The molecule has 0 bridgehead atoms. The molecule has 0 saturated heterocycles. The molecule has 0 saturated carbocycles. The van der Waals surface area contributed by atoms with E-state index in [2.05, 4.69) is 0 Å². The molecule has 68 valence electrons. The van der Waals surface area contributed by atoms with Gasteiger partial charge < -0.3 is 10.8 Å². The van der Waals surface area contributed by atoms with Crippen LogP contribution in [0.25, 0.3) is 0 Å². The maximum absolute atomic E-state index is 9.23. The molecule has 0 fully saturated rings. The van der Waals surface area contributed by atoms with E-state index in [9.17, 15) is 5.11 Å². The number of aliphatic hydroxyl groups is 1. The van der Waals surface area contributed by atoms with Crippen LogP contribution in [0, 0.1) is 11.3 Å². The Balaban J connectivity index is 2.96. The lowest BCUT2D eigenvalue weighted by atomic mass is 10.0. The van der Waals surface area contributed by atoms with Crippen LogP contribution in [0.1, 0.15) is 24.1 Å². The van der Waals surface area contributed by atoms with Gasteiger partial charge in [-0.15, -0.1) is 0 Å². The molecule has 0 aliphatic carbocycles. The lowest BCUT2D eigenvalue weighted by molar-refractivity contribution is 0.164. The fourth-order valence-corrected chi connectivity index (χ4v) is 1.09. The molecule has 1 rings (SSSR count). The van der Waals surface area contributed by atoms with Crippen molar-refractivity contribution in [2.24, 2.45) is 5.73 Å². The molecule has 0 heterocycles. The smallest absolute Gasteiger partial charge is 0.0991 e. The molecule has 0 aromatic heterocycles. The van der Waals surface area contributed by atoms with Crippen LogP contribution in [-0.4, -0.2) is 11.2 Å². The predicted octanol–water partition coefficient (Wildman–Crippen LogP) is 0.939. The molecule has 13 heavy (non-hydrogen) atoms. The van der Waals surface area contributed by atoms with E-state index >= 15 is 0 Å². The lowest BCUT2D eigenvalue weighted by Gasteiger charge is -2.14. The first-order valence-electron chi connectivity index (χ1n) is 4.09. The SMILES string of the molecule is C[C@@H](O)[C@@H](N)c1cccc(C#N)c1. The van der Waals surface area contributed by atoms with Gasteiger partial charge in [0.05, 0.1) is 23.8 Å². The van der Waals surface area contributed by atoms with Gasteiger partial charge in [-0.2, -0.15) is 5.26 Å². The first-order valence-corrected chi connectivity index (χ1v) is 4.09. The third-order valence-corrected chi connectivity index (χ3v) is 1.92. The maximum Gasteiger partial charge on any atom is 0.0991 e. The van der Waals surface area contributed by atoms with Gasteiger partial charge in [0.2, 0.25) is 0 Å². The van der Waals surface area contributed by atoms with Gasteiger partial charge in [0.1, 0.15) is 0 Å². The van der Waals surface area contributed by atoms with Crippen molar-refractivity contribution in [1.82, 2.24) is 0 Å². The molecule has 3 heteroatoms. The second kappa shape index (κ2) is 4.04. The number of nitriles is 1. The first-order chi connectivity index (χ1) is 6.15. The zero-order valence-corrected chi connectivity index (χ0v) is 7.44. The second-order valence-corrected chi connectivity index (χ2v) is 3.00. The standard InChI is InChI=1S/C10H12N2O/c1-7(13)10(12)9-4-2-3-8(5-9)6-11/h2-5,7,10,13H,12H2,1H3/t7-,10-/m1/s1. The van der Waals surface area contributed by atoms with Crippen molar-refractivity contribution in [3.8, 4) is 6.07 Å². The number of hydrogen-bond acceptors (Lipinski definition) is 3. The van der Waals surface area contributed by atoms with E-state index in [0.29, 0.717) is 5.56 Å². The summed E-state index contributed by atoms with van der Waals surface area (Å²) < 4.78 is 0. The Labute approximate surface area is 77.4 Å². The van der Waals surface area contributed by atoms with Crippen LogP contribution < -0.4 is 5.73 Å². The van der Waals surface area contributed by atoms with Crippen molar-refractivity contribution in [1.29, 1.82) is 5.26 Å². The largest absolute Gasteiger partial charge is 0.391 e. The molecule has 0 amide bonds.